The van der Waals surface area contributed by atoms with E-state index < -0.39 is 0 Å². The number of benzene rings is 7. The zero-order chi connectivity index (χ0) is 31.8. The minimum absolute atomic E-state index is 0.158. The van der Waals surface area contributed by atoms with Crippen LogP contribution in [0.2, 0.25) is 0 Å². The van der Waals surface area contributed by atoms with Crippen molar-refractivity contribution in [3.8, 4) is 22.3 Å². The second-order valence-corrected chi connectivity index (χ2v) is 12.7. The molecule has 47 heavy (non-hydrogen) atoms. The van der Waals surface area contributed by atoms with Crippen molar-refractivity contribution in [2.45, 2.75) is 19.3 Å². The van der Waals surface area contributed by atoms with Gasteiger partial charge in [0.1, 0.15) is 0 Å². The van der Waals surface area contributed by atoms with Gasteiger partial charge in [0, 0.05) is 28.2 Å². The zero-order valence-electron chi connectivity index (χ0n) is 26.7. The Labute approximate surface area is 277 Å². The first-order chi connectivity index (χ1) is 23.1. The van der Waals surface area contributed by atoms with Crippen molar-refractivity contribution in [1.82, 2.24) is 0 Å². The van der Waals surface area contributed by atoms with Crippen LogP contribution in [0.15, 0.2) is 182 Å². The van der Waals surface area contributed by atoms with E-state index in [4.69, 9.17) is 0 Å². The molecule has 0 radical (unpaired) electrons. The van der Waals surface area contributed by atoms with E-state index in [1.807, 2.05) is 0 Å². The van der Waals surface area contributed by atoms with Gasteiger partial charge in [0.05, 0.1) is 11.4 Å². The molecule has 0 aromatic heterocycles. The van der Waals surface area contributed by atoms with Crippen LogP contribution in [0, 0.1) is 0 Å². The first-order valence-electron chi connectivity index (χ1n) is 16.3. The van der Waals surface area contributed by atoms with Crippen molar-refractivity contribution in [2.75, 3.05) is 9.80 Å². The lowest BCUT2D eigenvalue weighted by molar-refractivity contribution is 0.632. The molecule has 0 unspecified atom stereocenters. The number of nitrogens with zero attached hydrogens (tertiary/aromatic N) is 2. The van der Waals surface area contributed by atoms with Crippen LogP contribution in [0.5, 0.6) is 0 Å². The molecule has 0 saturated heterocycles. The summed E-state index contributed by atoms with van der Waals surface area (Å²) in [5.74, 6) is 0. The highest BCUT2D eigenvalue weighted by Crippen LogP contribution is 2.53. The van der Waals surface area contributed by atoms with Crippen LogP contribution in [0.1, 0.15) is 25.0 Å². The molecule has 0 atom stereocenters. The summed E-state index contributed by atoms with van der Waals surface area (Å²) in [6.45, 7) is 4.68. The largest absolute Gasteiger partial charge is 0.310 e. The average molecular weight is 605 g/mol. The van der Waals surface area contributed by atoms with Crippen molar-refractivity contribution < 1.29 is 0 Å². The Morgan fingerprint density at radius 2 is 0.809 bits per heavy atom. The monoisotopic (exact) mass is 604 g/mol. The molecule has 7 aromatic rings. The fourth-order valence-corrected chi connectivity index (χ4v) is 7.01. The van der Waals surface area contributed by atoms with E-state index in [-0.39, 0.29) is 5.41 Å². The lowest BCUT2D eigenvalue weighted by atomic mass is 9.73. The van der Waals surface area contributed by atoms with E-state index >= 15 is 0 Å². The number of fused-ring (bicyclic) bond motifs is 2. The molecule has 1 heterocycles. The molecule has 0 aliphatic carbocycles. The SMILES string of the molecule is CC1(C)c2ccccc2N(c2ccccc2)c2cc(N(c3ccc(-c4ccccc4)cc3)c3ccc(-c4ccccc4)cc3)ccc21. The molecule has 0 amide bonds. The van der Waals surface area contributed by atoms with E-state index in [0.717, 1.165) is 22.7 Å². The predicted octanol–water partition coefficient (Wildman–Crippen LogP) is 12.6. The first-order valence-corrected chi connectivity index (χ1v) is 16.3. The molecule has 1 aliphatic heterocycles. The van der Waals surface area contributed by atoms with Gasteiger partial charge in [0.25, 0.3) is 0 Å². The maximum Gasteiger partial charge on any atom is 0.0523 e. The van der Waals surface area contributed by atoms with Crippen molar-refractivity contribution in [3.63, 3.8) is 0 Å². The molecule has 0 fully saturated rings. The number of rotatable bonds is 6. The molecule has 2 heteroatoms. The smallest absolute Gasteiger partial charge is 0.0523 e. The second kappa shape index (κ2) is 11.8. The second-order valence-electron chi connectivity index (χ2n) is 12.7. The molecule has 8 rings (SSSR count). The fourth-order valence-electron chi connectivity index (χ4n) is 7.01. The Bertz CT molecular complexity index is 2050. The van der Waals surface area contributed by atoms with Crippen LogP contribution in [-0.4, -0.2) is 0 Å². The minimum atomic E-state index is -0.158. The topological polar surface area (TPSA) is 6.48 Å². The molecular weight excluding hydrogens is 569 g/mol. The van der Waals surface area contributed by atoms with Gasteiger partial charge in [-0.3, -0.25) is 0 Å². The maximum absolute atomic E-state index is 2.43. The standard InChI is InChI=1S/C45H36N2/c1-45(2)41-20-12-13-21-43(41)47(37-18-10-5-11-19-37)44-32-40(30-31-42(44)45)46(38-26-22-35(23-27-38)33-14-6-3-7-15-33)39-28-24-36(25-29-39)34-16-8-4-9-17-34/h3-32H,1-2H3. The van der Waals surface area contributed by atoms with Gasteiger partial charge in [-0.2, -0.15) is 0 Å². The lowest BCUT2D eigenvalue weighted by Crippen LogP contribution is -2.30. The highest BCUT2D eigenvalue weighted by atomic mass is 15.2. The first kappa shape index (κ1) is 28.6. The Hall–Kier alpha value is -5.86. The summed E-state index contributed by atoms with van der Waals surface area (Å²) < 4.78 is 0. The summed E-state index contributed by atoms with van der Waals surface area (Å²) in [5, 5.41) is 0. The number of hydrogen-bond acceptors (Lipinski definition) is 2. The van der Waals surface area contributed by atoms with Crippen LogP contribution < -0.4 is 9.80 Å². The summed E-state index contributed by atoms with van der Waals surface area (Å²) in [7, 11) is 0. The summed E-state index contributed by atoms with van der Waals surface area (Å²) >= 11 is 0. The van der Waals surface area contributed by atoms with Gasteiger partial charge in [-0.1, -0.05) is 141 Å². The quantitative estimate of drug-likeness (QED) is 0.186. The van der Waals surface area contributed by atoms with Crippen LogP contribution in [0.25, 0.3) is 22.3 Å². The highest BCUT2D eigenvalue weighted by Gasteiger charge is 2.37. The van der Waals surface area contributed by atoms with E-state index in [1.54, 1.807) is 0 Å². The van der Waals surface area contributed by atoms with Crippen LogP contribution in [-0.2, 0) is 5.41 Å². The Morgan fingerprint density at radius 3 is 1.36 bits per heavy atom. The minimum Gasteiger partial charge on any atom is -0.310 e. The van der Waals surface area contributed by atoms with Crippen molar-refractivity contribution in [2.24, 2.45) is 0 Å². The molecule has 7 aromatic carbocycles. The van der Waals surface area contributed by atoms with Gasteiger partial charge in [-0.25, -0.2) is 0 Å². The molecule has 0 saturated carbocycles. The normalized spacial score (nSPS) is 13.0. The molecule has 0 bridgehead atoms. The molecular formula is C45H36N2. The van der Waals surface area contributed by atoms with Gasteiger partial charge in [-0.15, -0.1) is 0 Å². The Morgan fingerprint density at radius 1 is 0.383 bits per heavy atom. The van der Waals surface area contributed by atoms with E-state index in [0.29, 0.717) is 0 Å². The third-order valence-corrected chi connectivity index (χ3v) is 9.45. The molecule has 2 nitrogen and oxygen atoms in total. The van der Waals surface area contributed by atoms with E-state index in [9.17, 15) is 0 Å². The van der Waals surface area contributed by atoms with Gasteiger partial charge >= 0.3 is 0 Å². The number of anilines is 6. The Balaban J connectivity index is 1.29. The summed E-state index contributed by atoms with van der Waals surface area (Å²) in [6.07, 6.45) is 0. The van der Waals surface area contributed by atoms with Crippen LogP contribution >= 0.6 is 0 Å². The van der Waals surface area contributed by atoms with Gasteiger partial charge in [0.15, 0.2) is 0 Å². The highest BCUT2D eigenvalue weighted by molar-refractivity contribution is 5.89. The average Bonchev–Trinajstić information content (AvgIpc) is 3.14. The van der Waals surface area contributed by atoms with E-state index in [1.165, 1.54) is 44.8 Å². The van der Waals surface area contributed by atoms with Gasteiger partial charge in [-0.05, 0) is 88.0 Å². The molecule has 0 spiro atoms. The maximum atomic E-state index is 2.43. The number of para-hydroxylation sites is 2. The third-order valence-electron chi connectivity index (χ3n) is 9.45. The number of hydrogen-bond donors (Lipinski definition) is 0. The van der Waals surface area contributed by atoms with E-state index in [2.05, 4.69) is 206 Å². The zero-order valence-corrected chi connectivity index (χ0v) is 26.7. The van der Waals surface area contributed by atoms with Crippen molar-refractivity contribution >= 4 is 34.1 Å². The molecule has 1 aliphatic rings. The summed E-state index contributed by atoms with van der Waals surface area (Å²) in [6, 6.07) is 65.6. The van der Waals surface area contributed by atoms with Crippen LogP contribution in [0.4, 0.5) is 34.1 Å². The van der Waals surface area contributed by atoms with Gasteiger partial charge in [0.2, 0.25) is 0 Å². The third kappa shape index (κ3) is 5.18. The fraction of sp³-hybridized carbons (Fsp3) is 0.0667. The predicted molar refractivity (Wildman–Crippen MR) is 199 cm³/mol. The summed E-state index contributed by atoms with van der Waals surface area (Å²) in [5.41, 5.74) is 14.2. The van der Waals surface area contributed by atoms with Crippen molar-refractivity contribution in [1.29, 1.82) is 0 Å². The van der Waals surface area contributed by atoms with Gasteiger partial charge < -0.3 is 9.80 Å². The lowest BCUT2D eigenvalue weighted by Gasteiger charge is -2.42. The molecule has 226 valence electrons. The summed E-state index contributed by atoms with van der Waals surface area (Å²) in [4.78, 5) is 4.80. The van der Waals surface area contributed by atoms with Crippen molar-refractivity contribution in [3.05, 3.63) is 193 Å². The molecule has 0 N–H and O–H groups in total. The van der Waals surface area contributed by atoms with Crippen LogP contribution in [0.3, 0.4) is 0 Å². The Kier molecular flexibility index (Phi) is 7.19.